The van der Waals surface area contributed by atoms with Crippen LogP contribution < -0.4 is 0 Å². The lowest BCUT2D eigenvalue weighted by Crippen LogP contribution is -2.17. The Morgan fingerprint density at radius 1 is 1.00 bits per heavy atom. The van der Waals surface area contributed by atoms with Crippen LogP contribution in [0.15, 0.2) is 0 Å². The summed E-state index contributed by atoms with van der Waals surface area (Å²) in [6.07, 6.45) is 7.96. The minimum Gasteiger partial charge on any atom is -0.481 e. The lowest BCUT2D eigenvalue weighted by molar-refractivity contribution is -0.145. The average molecular weight is 300 g/mol. The van der Waals surface area contributed by atoms with Gasteiger partial charge >= 0.3 is 11.9 Å². The maximum atomic E-state index is 11.7. The summed E-state index contributed by atoms with van der Waals surface area (Å²) in [7, 11) is 0. The Hall–Kier alpha value is -1.06. The van der Waals surface area contributed by atoms with E-state index < -0.39 is 5.97 Å². The fourth-order valence-corrected chi connectivity index (χ4v) is 2.52. The van der Waals surface area contributed by atoms with E-state index in [9.17, 15) is 9.59 Å². The standard InChI is InChI=1S/C17H32O4/c1-4-5-6-7-8-9-10-21-17(20)13-15(11-14(2)3)12-16(18)19/h14-15H,4-13H2,1-3H3,(H,18,19)/t15-/m0/s1. The number of rotatable bonds is 13. The lowest BCUT2D eigenvalue weighted by atomic mass is 9.91. The summed E-state index contributed by atoms with van der Waals surface area (Å²) < 4.78 is 5.21. The molecule has 124 valence electrons. The zero-order valence-electron chi connectivity index (χ0n) is 13.9. The molecule has 21 heavy (non-hydrogen) atoms. The zero-order valence-corrected chi connectivity index (χ0v) is 13.9. The van der Waals surface area contributed by atoms with Crippen LogP contribution in [0.5, 0.6) is 0 Å². The van der Waals surface area contributed by atoms with E-state index in [0.29, 0.717) is 12.5 Å². The SMILES string of the molecule is CCCCCCCCOC(=O)C[C@H](CC(=O)O)CC(C)C. The third-order valence-electron chi connectivity index (χ3n) is 3.48. The highest BCUT2D eigenvalue weighted by molar-refractivity contribution is 5.72. The predicted molar refractivity (Wildman–Crippen MR) is 84.1 cm³/mol. The van der Waals surface area contributed by atoms with Crippen molar-refractivity contribution < 1.29 is 19.4 Å². The van der Waals surface area contributed by atoms with Gasteiger partial charge in [0, 0.05) is 12.8 Å². The summed E-state index contributed by atoms with van der Waals surface area (Å²) in [6, 6.07) is 0. The Kier molecular flexibility index (Phi) is 12.0. The molecule has 0 aliphatic carbocycles. The van der Waals surface area contributed by atoms with Crippen LogP contribution in [-0.2, 0) is 14.3 Å². The largest absolute Gasteiger partial charge is 0.481 e. The molecule has 0 fully saturated rings. The first kappa shape index (κ1) is 19.9. The molecule has 0 saturated carbocycles. The molecule has 0 aromatic rings. The van der Waals surface area contributed by atoms with Crippen molar-refractivity contribution in [3.8, 4) is 0 Å². The molecule has 4 heteroatoms. The van der Waals surface area contributed by atoms with Gasteiger partial charge in [0.15, 0.2) is 0 Å². The van der Waals surface area contributed by atoms with Crippen molar-refractivity contribution >= 4 is 11.9 Å². The molecular weight excluding hydrogens is 268 g/mol. The van der Waals surface area contributed by atoms with Gasteiger partial charge in [-0.2, -0.15) is 0 Å². The number of hydrogen-bond donors (Lipinski definition) is 1. The number of unbranched alkanes of at least 4 members (excludes halogenated alkanes) is 5. The van der Waals surface area contributed by atoms with Crippen LogP contribution in [0, 0.1) is 11.8 Å². The molecule has 0 aromatic carbocycles. The summed E-state index contributed by atoms with van der Waals surface area (Å²) in [5, 5.41) is 8.87. The number of aliphatic carboxylic acids is 1. The van der Waals surface area contributed by atoms with Crippen molar-refractivity contribution in [3.05, 3.63) is 0 Å². The number of carbonyl (C=O) groups is 2. The summed E-state index contributed by atoms with van der Waals surface area (Å²) in [4.78, 5) is 22.5. The van der Waals surface area contributed by atoms with Gasteiger partial charge in [-0.3, -0.25) is 9.59 Å². The highest BCUT2D eigenvalue weighted by Gasteiger charge is 2.19. The molecule has 1 N–H and O–H groups in total. The summed E-state index contributed by atoms with van der Waals surface area (Å²) in [5.41, 5.74) is 0. The van der Waals surface area contributed by atoms with Crippen molar-refractivity contribution in [2.24, 2.45) is 11.8 Å². The fourth-order valence-electron chi connectivity index (χ4n) is 2.52. The first-order chi connectivity index (χ1) is 9.95. The van der Waals surface area contributed by atoms with Gasteiger partial charge in [0.25, 0.3) is 0 Å². The normalized spacial score (nSPS) is 12.4. The van der Waals surface area contributed by atoms with Crippen molar-refractivity contribution in [2.45, 2.75) is 78.6 Å². The molecule has 0 amide bonds. The fraction of sp³-hybridized carbons (Fsp3) is 0.882. The highest BCUT2D eigenvalue weighted by atomic mass is 16.5. The molecule has 0 unspecified atom stereocenters. The molecule has 0 rings (SSSR count). The van der Waals surface area contributed by atoms with Crippen LogP contribution in [0.4, 0.5) is 0 Å². The molecule has 1 atom stereocenters. The number of carbonyl (C=O) groups excluding carboxylic acids is 1. The Morgan fingerprint density at radius 3 is 2.19 bits per heavy atom. The molecule has 0 saturated heterocycles. The summed E-state index contributed by atoms with van der Waals surface area (Å²) in [6.45, 7) is 6.73. The van der Waals surface area contributed by atoms with E-state index in [2.05, 4.69) is 6.92 Å². The Bertz CT molecular complexity index is 287. The number of esters is 1. The van der Waals surface area contributed by atoms with Crippen molar-refractivity contribution in [1.29, 1.82) is 0 Å². The summed E-state index contributed by atoms with van der Waals surface area (Å²) in [5.74, 6) is -0.819. The van der Waals surface area contributed by atoms with Gasteiger partial charge in [-0.15, -0.1) is 0 Å². The monoisotopic (exact) mass is 300 g/mol. The second kappa shape index (κ2) is 12.7. The van der Waals surface area contributed by atoms with Crippen LogP contribution in [0.2, 0.25) is 0 Å². The summed E-state index contributed by atoms with van der Waals surface area (Å²) >= 11 is 0. The van der Waals surface area contributed by atoms with Gasteiger partial charge in [-0.1, -0.05) is 52.9 Å². The van der Waals surface area contributed by atoms with Crippen molar-refractivity contribution in [3.63, 3.8) is 0 Å². The molecule has 0 spiro atoms. The Labute approximate surface area is 129 Å². The van der Waals surface area contributed by atoms with E-state index >= 15 is 0 Å². The van der Waals surface area contributed by atoms with Crippen molar-refractivity contribution in [2.75, 3.05) is 6.61 Å². The molecule has 0 bridgehead atoms. The van der Waals surface area contributed by atoms with Crippen molar-refractivity contribution in [1.82, 2.24) is 0 Å². The highest BCUT2D eigenvalue weighted by Crippen LogP contribution is 2.20. The zero-order chi connectivity index (χ0) is 16.1. The van der Waals surface area contributed by atoms with Gasteiger partial charge in [0.05, 0.1) is 6.61 Å². The smallest absolute Gasteiger partial charge is 0.306 e. The van der Waals surface area contributed by atoms with E-state index in [1.54, 1.807) is 0 Å². The van der Waals surface area contributed by atoms with Crippen LogP contribution >= 0.6 is 0 Å². The topological polar surface area (TPSA) is 63.6 Å². The number of carboxylic acid groups (broad SMARTS) is 1. The quantitative estimate of drug-likeness (QED) is 0.404. The Balaban J connectivity index is 3.79. The molecule has 0 aliphatic rings. The molecule has 0 heterocycles. The van der Waals surface area contributed by atoms with Gasteiger partial charge in [-0.25, -0.2) is 0 Å². The Morgan fingerprint density at radius 2 is 1.62 bits per heavy atom. The average Bonchev–Trinajstić information content (AvgIpc) is 2.36. The predicted octanol–water partition coefficient (Wildman–Crippen LogP) is 4.42. The molecule has 0 radical (unpaired) electrons. The van der Waals surface area contributed by atoms with Crippen LogP contribution in [0.25, 0.3) is 0 Å². The third kappa shape index (κ3) is 13.7. The van der Waals surface area contributed by atoms with Gasteiger partial charge in [0.2, 0.25) is 0 Å². The molecular formula is C17H32O4. The molecule has 4 nitrogen and oxygen atoms in total. The van der Waals surface area contributed by atoms with E-state index in [4.69, 9.17) is 9.84 Å². The van der Waals surface area contributed by atoms with Crippen LogP contribution in [0.3, 0.4) is 0 Å². The number of hydrogen-bond acceptors (Lipinski definition) is 3. The van der Waals surface area contributed by atoms with Gasteiger partial charge < -0.3 is 9.84 Å². The van der Waals surface area contributed by atoms with Crippen LogP contribution in [-0.4, -0.2) is 23.7 Å². The number of carboxylic acids is 1. The third-order valence-corrected chi connectivity index (χ3v) is 3.48. The first-order valence-electron chi connectivity index (χ1n) is 8.33. The van der Waals surface area contributed by atoms with E-state index in [1.807, 2.05) is 13.8 Å². The van der Waals surface area contributed by atoms with Gasteiger partial charge in [0.1, 0.15) is 0 Å². The van der Waals surface area contributed by atoms with Crippen LogP contribution in [0.1, 0.15) is 78.6 Å². The minimum atomic E-state index is -0.843. The van der Waals surface area contributed by atoms with E-state index in [0.717, 1.165) is 19.3 Å². The second-order valence-corrected chi connectivity index (χ2v) is 6.29. The molecule has 0 aliphatic heterocycles. The first-order valence-corrected chi connectivity index (χ1v) is 8.33. The van der Waals surface area contributed by atoms with E-state index in [1.165, 1.54) is 25.7 Å². The maximum absolute atomic E-state index is 11.7. The van der Waals surface area contributed by atoms with E-state index in [-0.39, 0.29) is 24.7 Å². The minimum absolute atomic E-state index is 0.0459. The lowest BCUT2D eigenvalue weighted by Gasteiger charge is -2.16. The number of ether oxygens (including phenoxy) is 1. The van der Waals surface area contributed by atoms with Gasteiger partial charge in [-0.05, 0) is 24.7 Å². The second-order valence-electron chi connectivity index (χ2n) is 6.29. The maximum Gasteiger partial charge on any atom is 0.306 e. The molecule has 0 aromatic heterocycles.